The summed E-state index contributed by atoms with van der Waals surface area (Å²) in [6.07, 6.45) is 0.847. The lowest BCUT2D eigenvalue weighted by Crippen LogP contribution is -2.29. The minimum atomic E-state index is -0.739. The molecule has 1 unspecified atom stereocenters. The monoisotopic (exact) mass is 467 g/mol. The first-order chi connectivity index (χ1) is 15.4. The maximum Gasteiger partial charge on any atom is 0.300 e. The van der Waals surface area contributed by atoms with Crippen molar-refractivity contribution in [2.75, 3.05) is 11.5 Å². The second-order valence-corrected chi connectivity index (χ2v) is 8.87. The number of carbonyl (C=O) groups is 2. The first-order valence-electron chi connectivity index (χ1n) is 10.3. The third-order valence-corrected chi connectivity index (χ3v) is 6.60. The number of hydrogen-bond acceptors (Lipinski definition) is 5. The van der Waals surface area contributed by atoms with Crippen molar-refractivity contribution in [3.8, 4) is 5.75 Å². The van der Waals surface area contributed by atoms with Crippen molar-refractivity contribution < 1.29 is 19.4 Å². The van der Waals surface area contributed by atoms with E-state index < -0.39 is 17.7 Å². The third kappa shape index (κ3) is 4.04. The fraction of sp³-hybridized carbons (Fsp3) is 0.200. The van der Waals surface area contributed by atoms with E-state index in [2.05, 4.69) is 0 Å². The number of benzene rings is 2. The normalized spacial score (nSPS) is 17.7. The third-order valence-electron chi connectivity index (χ3n) is 5.28. The molecule has 2 heterocycles. The molecule has 1 N–H and O–H groups in total. The first-order valence-corrected chi connectivity index (χ1v) is 11.5. The molecule has 1 aliphatic rings. The van der Waals surface area contributed by atoms with E-state index in [1.54, 1.807) is 48.5 Å². The summed E-state index contributed by atoms with van der Waals surface area (Å²) in [6, 6.07) is 14.8. The second-order valence-electron chi connectivity index (χ2n) is 7.49. The summed E-state index contributed by atoms with van der Waals surface area (Å²) in [4.78, 5) is 28.6. The standard InChI is InChI=1S/C25H22ClNO4S/c1-3-12-31-19-6-4-5-16(14-19)22(28)20-21(24-15(2)11-13-32-24)27(25(30)23(20)29)18-9-7-17(26)8-10-18/h4-11,13-14,21,28H,3,12H2,1-2H3/b22-20-. The van der Waals surface area contributed by atoms with Gasteiger partial charge in [-0.2, -0.15) is 0 Å². The molecule has 2 aromatic carbocycles. The molecule has 0 radical (unpaired) electrons. The number of nitrogens with zero attached hydrogens (tertiary/aromatic N) is 1. The number of anilines is 1. The van der Waals surface area contributed by atoms with Crippen molar-refractivity contribution in [3.63, 3.8) is 0 Å². The van der Waals surface area contributed by atoms with Crippen molar-refractivity contribution in [2.45, 2.75) is 26.3 Å². The van der Waals surface area contributed by atoms with Crippen LogP contribution in [0, 0.1) is 6.92 Å². The first kappa shape index (κ1) is 22.1. The average molecular weight is 468 g/mol. The number of aryl methyl sites for hydroxylation is 1. The Hall–Kier alpha value is -3.09. The lowest BCUT2D eigenvalue weighted by Gasteiger charge is -2.25. The molecule has 1 fully saturated rings. The fourth-order valence-electron chi connectivity index (χ4n) is 3.72. The summed E-state index contributed by atoms with van der Waals surface area (Å²) in [6.45, 7) is 4.47. The van der Waals surface area contributed by atoms with Gasteiger partial charge in [0.15, 0.2) is 0 Å². The van der Waals surface area contributed by atoms with E-state index in [1.807, 2.05) is 25.3 Å². The lowest BCUT2D eigenvalue weighted by atomic mass is 9.98. The van der Waals surface area contributed by atoms with Crippen LogP contribution in [0.4, 0.5) is 5.69 Å². The van der Waals surface area contributed by atoms with E-state index in [1.165, 1.54) is 16.2 Å². The molecule has 5 nitrogen and oxygen atoms in total. The zero-order valence-electron chi connectivity index (χ0n) is 17.7. The Morgan fingerprint density at radius 3 is 2.56 bits per heavy atom. The van der Waals surface area contributed by atoms with Gasteiger partial charge in [-0.05, 0) is 66.8 Å². The topological polar surface area (TPSA) is 66.8 Å². The molecule has 0 saturated carbocycles. The van der Waals surface area contributed by atoms with Gasteiger partial charge in [0.25, 0.3) is 11.7 Å². The summed E-state index contributed by atoms with van der Waals surface area (Å²) in [5.74, 6) is -1.05. The number of carbonyl (C=O) groups excluding carboxylic acids is 2. The Balaban J connectivity index is 1.88. The Morgan fingerprint density at radius 1 is 1.16 bits per heavy atom. The molecular formula is C25H22ClNO4S. The molecule has 3 aromatic rings. The highest BCUT2D eigenvalue weighted by Gasteiger charge is 2.47. The minimum Gasteiger partial charge on any atom is -0.507 e. The number of rotatable bonds is 6. The van der Waals surface area contributed by atoms with Crippen LogP contribution in [0.15, 0.2) is 65.6 Å². The number of ketones is 1. The van der Waals surface area contributed by atoms with Crippen LogP contribution in [-0.4, -0.2) is 23.4 Å². The van der Waals surface area contributed by atoms with Crippen LogP contribution in [0.2, 0.25) is 5.02 Å². The van der Waals surface area contributed by atoms with Gasteiger partial charge in [0.2, 0.25) is 0 Å². The molecule has 1 atom stereocenters. The Morgan fingerprint density at radius 2 is 1.91 bits per heavy atom. The van der Waals surface area contributed by atoms with Gasteiger partial charge in [-0.25, -0.2) is 0 Å². The molecule has 0 aliphatic carbocycles. The number of halogens is 1. The number of aliphatic hydroxyl groups excluding tert-OH is 1. The van der Waals surface area contributed by atoms with Crippen LogP contribution in [0.5, 0.6) is 5.75 Å². The van der Waals surface area contributed by atoms with E-state index in [0.29, 0.717) is 28.6 Å². The maximum atomic E-state index is 13.2. The predicted molar refractivity (Wildman–Crippen MR) is 128 cm³/mol. The number of Topliss-reactive ketones (excluding diaryl/α,β-unsaturated/α-hetero) is 1. The largest absolute Gasteiger partial charge is 0.507 e. The summed E-state index contributed by atoms with van der Waals surface area (Å²) >= 11 is 7.47. The second kappa shape index (κ2) is 9.18. The van der Waals surface area contributed by atoms with Gasteiger partial charge in [0.05, 0.1) is 12.2 Å². The van der Waals surface area contributed by atoms with Crippen LogP contribution in [-0.2, 0) is 9.59 Å². The molecule has 0 bridgehead atoms. The van der Waals surface area contributed by atoms with E-state index in [0.717, 1.165) is 16.9 Å². The van der Waals surface area contributed by atoms with E-state index in [9.17, 15) is 14.7 Å². The van der Waals surface area contributed by atoms with Crippen molar-refractivity contribution in [1.82, 2.24) is 0 Å². The summed E-state index contributed by atoms with van der Waals surface area (Å²) in [7, 11) is 0. The van der Waals surface area contributed by atoms with Crippen LogP contribution in [0.1, 0.15) is 35.4 Å². The maximum absolute atomic E-state index is 13.2. The Kier molecular flexibility index (Phi) is 6.35. The van der Waals surface area contributed by atoms with Crippen molar-refractivity contribution in [1.29, 1.82) is 0 Å². The Bertz CT molecular complexity index is 1200. The number of hydrogen-bond donors (Lipinski definition) is 1. The zero-order valence-corrected chi connectivity index (χ0v) is 19.2. The van der Waals surface area contributed by atoms with Gasteiger partial charge in [-0.15, -0.1) is 11.3 Å². The van der Waals surface area contributed by atoms with Crippen molar-refractivity contribution in [2.24, 2.45) is 0 Å². The predicted octanol–water partition coefficient (Wildman–Crippen LogP) is 6.13. The van der Waals surface area contributed by atoms with E-state index >= 15 is 0 Å². The molecule has 0 spiro atoms. The van der Waals surface area contributed by atoms with Crippen LogP contribution >= 0.6 is 22.9 Å². The van der Waals surface area contributed by atoms with Crippen molar-refractivity contribution >= 4 is 46.1 Å². The number of amides is 1. The average Bonchev–Trinajstić information content (AvgIpc) is 3.33. The molecule has 7 heteroatoms. The van der Waals surface area contributed by atoms with Gasteiger partial charge in [0, 0.05) is 21.2 Å². The number of aliphatic hydroxyl groups is 1. The van der Waals surface area contributed by atoms with Gasteiger partial charge in [-0.1, -0.05) is 30.7 Å². The quantitative estimate of drug-likeness (QED) is 0.269. The molecule has 1 aromatic heterocycles. The van der Waals surface area contributed by atoms with Crippen LogP contribution in [0.3, 0.4) is 0 Å². The smallest absolute Gasteiger partial charge is 0.300 e. The van der Waals surface area contributed by atoms with Crippen molar-refractivity contribution in [3.05, 3.63) is 86.6 Å². The van der Waals surface area contributed by atoms with Crippen LogP contribution < -0.4 is 9.64 Å². The van der Waals surface area contributed by atoms with Gasteiger partial charge >= 0.3 is 0 Å². The highest BCUT2D eigenvalue weighted by Crippen LogP contribution is 2.45. The number of thiophene rings is 1. The highest BCUT2D eigenvalue weighted by molar-refractivity contribution is 7.10. The molecule has 4 rings (SSSR count). The SMILES string of the molecule is CCCOc1cccc(/C(O)=C2/C(=O)C(=O)N(c3ccc(Cl)cc3)C2c2sccc2C)c1. The molecule has 1 saturated heterocycles. The van der Waals surface area contributed by atoms with Gasteiger partial charge in [0.1, 0.15) is 17.6 Å². The number of ether oxygens (including phenoxy) is 1. The fourth-order valence-corrected chi connectivity index (χ4v) is 4.87. The summed E-state index contributed by atoms with van der Waals surface area (Å²) in [5, 5.41) is 13.7. The van der Waals surface area contributed by atoms with Gasteiger partial charge in [-0.3, -0.25) is 14.5 Å². The molecular weight excluding hydrogens is 446 g/mol. The summed E-state index contributed by atoms with van der Waals surface area (Å²) in [5.41, 5.74) is 1.95. The highest BCUT2D eigenvalue weighted by atomic mass is 35.5. The molecule has 164 valence electrons. The van der Waals surface area contributed by atoms with Gasteiger partial charge < -0.3 is 9.84 Å². The Labute approximate surface area is 195 Å². The molecule has 32 heavy (non-hydrogen) atoms. The minimum absolute atomic E-state index is 0.0585. The molecule has 1 aliphatic heterocycles. The summed E-state index contributed by atoms with van der Waals surface area (Å²) < 4.78 is 5.67. The van der Waals surface area contributed by atoms with E-state index in [-0.39, 0.29) is 11.3 Å². The van der Waals surface area contributed by atoms with Crippen LogP contribution in [0.25, 0.3) is 5.76 Å². The lowest BCUT2D eigenvalue weighted by molar-refractivity contribution is -0.132. The zero-order chi connectivity index (χ0) is 22.8. The van der Waals surface area contributed by atoms with E-state index in [4.69, 9.17) is 16.3 Å². The molecule has 1 amide bonds.